The summed E-state index contributed by atoms with van der Waals surface area (Å²) >= 11 is 0. The normalized spacial score (nSPS) is 20.4. The third-order valence-electron chi connectivity index (χ3n) is 4.22. The zero-order valence-corrected chi connectivity index (χ0v) is 12.2. The van der Waals surface area contributed by atoms with Gasteiger partial charge < -0.3 is 0 Å². The topological polar surface area (TPSA) is 27.0 Å². The molecule has 2 nitrogen and oxygen atoms in total. The number of nitriles is 1. The minimum absolute atomic E-state index is 0.252. The second kappa shape index (κ2) is 7.40. The van der Waals surface area contributed by atoms with E-state index < -0.39 is 0 Å². The lowest BCUT2D eigenvalue weighted by atomic mass is 9.96. The van der Waals surface area contributed by atoms with Crippen LogP contribution in [-0.4, -0.2) is 18.0 Å². The van der Waals surface area contributed by atoms with E-state index >= 15 is 0 Å². The second-order valence-corrected chi connectivity index (χ2v) is 5.78. The summed E-state index contributed by atoms with van der Waals surface area (Å²) in [6.45, 7) is 5.06. The van der Waals surface area contributed by atoms with E-state index in [1.165, 1.54) is 44.2 Å². The molecule has 1 fully saturated rings. The highest BCUT2D eigenvalue weighted by Gasteiger charge is 2.17. The molecule has 0 bridgehead atoms. The third-order valence-corrected chi connectivity index (χ3v) is 4.22. The first kappa shape index (κ1) is 15.0. The molecule has 1 aromatic rings. The van der Waals surface area contributed by atoms with Gasteiger partial charge in [0.2, 0.25) is 0 Å². The number of rotatable bonds is 4. The Labute approximate surface area is 121 Å². The fraction of sp³-hybridized carbons (Fsp3) is 0.588. The van der Waals surface area contributed by atoms with Gasteiger partial charge in [0.05, 0.1) is 11.6 Å². The first-order valence-electron chi connectivity index (χ1n) is 7.63. The van der Waals surface area contributed by atoms with Crippen molar-refractivity contribution in [2.45, 2.75) is 45.6 Å². The van der Waals surface area contributed by atoms with Crippen LogP contribution in [0, 0.1) is 23.1 Å². The van der Waals surface area contributed by atoms with Gasteiger partial charge in [0.1, 0.15) is 5.82 Å². The Morgan fingerprint density at radius 2 is 2.20 bits per heavy atom. The number of nitrogens with zero attached hydrogens (tertiary/aromatic N) is 2. The van der Waals surface area contributed by atoms with Crippen molar-refractivity contribution < 1.29 is 4.39 Å². The molecule has 1 aliphatic heterocycles. The molecule has 3 heteroatoms. The number of hydrogen-bond donors (Lipinski definition) is 0. The molecule has 0 spiro atoms. The Kier molecular flexibility index (Phi) is 5.55. The van der Waals surface area contributed by atoms with Crippen molar-refractivity contribution in [3.63, 3.8) is 0 Å². The van der Waals surface area contributed by atoms with Crippen LogP contribution in [0.1, 0.15) is 50.2 Å². The quantitative estimate of drug-likeness (QED) is 0.826. The summed E-state index contributed by atoms with van der Waals surface area (Å²) in [5, 5.41) is 9.12. The van der Waals surface area contributed by atoms with E-state index in [1.54, 1.807) is 6.07 Å². The molecule has 0 amide bonds. The predicted octanol–water partition coefficient (Wildman–Crippen LogP) is 4.10. The van der Waals surface area contributed by atoms with Crippen molar-refractivity contribution in [3.8, 4) is 6.07 Å². The van der Waals surface area contributed by atoms with Gasteiger partial charge in [-0.05, 0) is 62.0 Å². The lowest BCUT2D eigenvalue weighted by molar-refractivity contribution is 0.270. The van der Waals surface area contributed by atoms with Crippen molar-refractivity contribution in [1.82, 2.24) is 4.90 Å². The van der Waals surface area contributed by atoms with E-state index in [1.807, 2.05) is 0 Å². The van der Waals surface area contributed by atoms with Crippen molar-refractivity contribution in [2.24, 2.45) is 5.92 Å². The van der Waals surface area contributed by atoms with Crippen LogP contribution in [0.15, 0.2) is 18.2 Å². The molecule has 1 aromatic carbocycles. The zero-order chi connectivity index (χ0) is 14.4. The van der Waals surface area contributed by atoms with Crippen LogP contribution < -0.4 is 0 Å². The van der Waals surface area contributed by atoms with E-state index in [-0.39, 0.29) is 5.82 Å². The molecule has 0 N–H and O–H groups in total. The van der Waals surface area contributed by atoms with Gasteiger partial charge in [-0.2, -0.15) is 5.26 Å². The summed E-state index contributed by atoms with van der Waals surface area (Å²) in [7, 11) is 0. The molecule has 1 aliphatic rings. The van der Waals surface area contributed by atoms with Crippen LogP contribution in [0.2, 0.25) is 0 Å². The van der Waals surface area contributed by atoms with Gasteiger partial charge in [-0.3, -0.25) is 4.90 Å². The van der Waals surface area contributed by atoms with Crippen molar-refractivity contribution in [3.05, 3.63) is 35.1 Å². The van der Waals surface area contributed by atoms with Gasteiger partial charge in [0, 0.05) is 6.54 Å². The van der Waals surface area contributed by atoms with Gasteiger partial charge >= 0.3 is 0 Å². The maximum atomic E-state index is 13.4. The predicted molar refractivity (Wildman–Crippen MR) is 78.6 cm³/mol. The Balaban J connectivity index is 2.00. The molecule has 0 radical (unpaired) electrons. The summed E-state index contributed by atoms with van der Waals surface area (Å²) in [4.78, 5) is 2.37. The summed E-state index contributed by atoms with van der Waals surface area (Å²) in [5.74, 6) is 0.589. The van der Waals surface area contributed by atoms with Crippen LogP contribution >= 0.6 is 0 Å². The average Bonchev–Trinajstić information content (AvgIpc) is 2.65. The molecule has 0 saturated carbocycles. The molecule has 1 saturated heterocycles. The van der Waals surface area contributed by atoms with Gasteiger partial charge in [-0.15, -0.1) is 0 Å². The molecule has 0 aliphatic carbocycles. The van der Waals surface area contributed by atoms with E-state index in [9.17, 15) is 4.39 Å². The minimum Gasteiger partial charge on any atom is -0.299 e. The van der Waals surface area contributed by atoms with Crippen LogP contribution in [-0.2, 0) is 6.54 Å². The average molecular weight is 274 g/mol. The molecule has 0 aromatic heterocycles. The number of likely N-dealkylation sites (tertiary alicyclic amines) is 1. The number of halogens is 1. The molecular weight excluding hydrogens is 251 g/mol. The van der Waals surface area contributed by atoms with E-state index in [0.717, 1.165) is 24.6 Å². The zero-order valence-electron chi connectivity index (χ0n) is 12.2. The Hall–Kier alpha value is -1.40. The Morgan fingerprint density at radius 1 is 1.35 bits per heavy atom. The highest BCUT2D eigenvalue weighted by Crippen LogP contribution is 2.23. The van der Waals surface area contributed by atoms with Crippen LogP contribution in [0.3, 0.4) is 0 Å². The van der Waals surface area contributed by atoms with Gasteiger partial charge in [0.15, 0.2) is 0 Å². The van der Waals surface area contributed by atoms with E-state index in [0.29, 0.717) is 12.1 Å². The van der Waals surface area contributed by atoms with Gasteiger partial charge in [-0.1, -0.05) is 19.8 Å². The van der Waals surface area contributed by atoms with Gasteiger partial charge in [-0.25, -0.2) is 4.39 Å². The third kappa shape index (κ3) is 4.05. The number of benzene rings is 1. The molecule has 2 rings (SSSR count). The van der Waals surface area contributed by atoms with Crippen molar-refractivity contribution >= 4 is 0 Å². The standard InChI is InChI=1S/C17H23FN2/c1-2-4-14-5-3-9-20(10-8-14)13-16-11-17(18)7-6-15(16)12-19/h6-7,11,14H,2-5,8-10,13H2,1H3. The molecule has 1 heterocycles. The maximum absolute atomic E-state index is 13.4. The molecule has 1 atom stereocenters. The fourth-order valence-electron chi connectivity index (χ4n) is 3.12. The van der Waals surface area contributed by atoms with Crippen molar-refractivity contribution in [1.29, 1.82) is 5.26 Å². The first-order valence-corrected chi connectivity index (χ1v) is 7.63. The highest BCUT2D eigenvalue weighted by molar-refractivity contribution is 5.37. The lowest BCUT2D eigenvalue weighted by Crippen LogP contribution is -2.24. The largest absolute Gasteiger partial charge is 0.299 e. The monoisotopic (exact) mass is 274 g/mol. The van der Waals surface area contributed by atoms with Crippen LogP contribution in [0.5, 0.6) is 0 Å². The van der Waals surface area contributed by atoms with Crippen LogP contribution in [0.4, 0.5) is 4.39 Å². The lowest BCUT2D eigenvalue weighted by Gasteiger charge is -2.20. The Morgan fingerprint density at radius 3 is 2.95 bits per heavy atom. The summed E-state index contributed by atoms with van der Waals surface area (Å²) in [5.41, 5.74) is 1.42. The van der Waals surface area contributed by atoms with Crippen LogP contribution in [0.25, 0.3) is 0 Å². The van der Waals surface area contributed by atoms with E-state index in [4.69, 9.17) is 5.26 Å². The molecular formula is C17H23FN2. The van der Waals surface area contributed by atoms with E-state index in [2.05, 4.69) is 17.9 Å². The molecule has 1 unspecified atom stereocenters. The Bertz CT molecular complexity index is 478. The fourth-order valence-corrected chi connectivity index (χ4v) is 3.12. The summed E-state index contributed by atoms with van der Waals surface area (Å²) in [6.07, 6.45) is 6.32. The smallest absolute Gasteiger partial charge is 0.123 e. The summed E-state index contributed by atoms with van der Waals surface area (Å²) < 4.78 is 13.4. The molecule has 108 valence electrons. The molecule has 20 heavy (non-hydrogen) atoms. The minimum atomic E-state index is -0.252. The maximum Gasteiger partial charge on any atom is 0.123 e. The van der Waals surface area contributed by atoms with Gasteiger partial charge in [0.25, 0.3) is 0 Å². The SMILES string of the molecule is CCCC1CCCN(Cc2cc(F)ccc2C#N)CC1. The summed E-state index contributed by atoms with van der Waals surface area (Å²) in [6, 6.07) is 6.62. The first-order chi connectivity index (χ1) is 9.72. The second-order valence-electron chi connectivity index (χ2n) is 5.78. The van der Waals surface area contributed by atoms with Crippen molar-refractivity contribution in [2.75, 3.05) is 13.1 Å². The number of hydrogen-bond acceptors (Lipinski definition) is 2. The highest BCUT2D eigenvalue weighted by atomic mass is 19.1.